The molecule has 0 saturated carbocycles. The van der Waals surface area contributed by atoms with E-state index < -0.39 is 17.2 Å². The van der Waals surface area contributed by atoms with Crippen molar-refractivity contribution >= 4 is 28.4 Å². The normalized spacial score (nSPS) is 11.0. The number of benzene rings is 2. The molecule has 0 bridgehead atoms. The Balaban J connectivity index is 1.94. The van der Waals surface area contributed by atoms with Crippen molar-refractivity contribution in [3.63, 3.8) is 0 Å². The van der Waals surface area contributed by atoms with E-state index in [1.165, 1.54) is 6.92 Å². The van der Waals surface area contributed by atoms with E-state index in [9.17, 15) is 20.0 Å². The molecule has 2 aromatic heterocycles. The van der Waals surface area contributed by atoms with E-state index in [2.05, 4.69) is 0 Å². The molecule has 0 unspecified atom stereocenters. The third-order valence-electron chi connectivity index (χ3n) is 5.61. The van der Waals surface area contributed by atoms with Crippen LogP contribution in [0.15, 0.2) is 51.7 Å². The quantitative estimate of drug-likeness (QED) is 0.443. The van der Waals surface area contributed by atoms with Crippen LogP contribution in [0.4, 0.5) is 0 Å². The van der Waals surface area contributed by atoms with Crippen molar-refractivity contribution in [2.45, 2.75) is 27.3 Å². The summed E-state index contributed by atoms with van der Waals surface area (Å²) in [4.78, 5) is 26.4. The van der Waals surface area contributed by atoms with Crippen LogP contribution < -0.4 is 5.56 Å². The van der Waals surface area contributed by atoms with Crippen molar-refractivity contribution < 1.29 is 14.3 Å². The largest absolute Gasteiger partial charge is 0.494 e. The van der Waals surface area contributed by atoms with Gasteiger partial charge < -0.3 is 9.52 Å². The van der Waals surface area contributed by atoms with E-state index in [0.29, 0.717) is 21.7 Å². The number of ketones is 1. The van der Waals surface area contributed by atoms with E-state index in [0.717, 1.165) is 15.5 Å². The molecule has 0 aliphatic carbocycles. The zero-order chi connectivity index (χ0) is 23.2. The molecule has 7 heteroatoms. The predicted molar refractivity (Wildman–Crippen MR) is 121 cm³/mol. The lowest BCUT2D eigenvalue weighted by molar-refractivity contribution is 0.101. The van der Waals surface area contributed by atoms with Gasteiger partial charge in [0, 0.05) is 16.0 Å². The fraction of sp³-hybridized carbons (Fsp3) is 0.160. The maximum absolute atomic E-state index is 13.5. The fourth-order valence-corrected chi connectivity index (χ4v) is 4.03. The molecule has 0 atom stereocenters. The SMILES string of the molecule is Cc1ccc2oc(C(=O)c3c(C)c(C#N)c(=O)n(Cc4ccccc4Cl)c3O)c(C)c2c1. The Morgan fingerprint density at radius 1 is 1.16 bits per heavy atom. The second kappa shape index (κ2) is 8.03. The van der Waals surface area contributed by atoms with Crippen LogP contribution in [0.1, 0.15) is 43.9 Å². The molecule has 160 valence electrons. The average Bonchev–Trinajstić information content (AvgIpc) is 3.08. The minimum absolute atomic E-state index is 0.0517. The number of carbonyl (C=O) groups excluding carboxylic acids is 1. The molecule has 4 rings (SSSR count). The smallest absolute Gasteiger partial charge is 0.271 e. The highest BCUT2D eigenvalue weighted by atomic mass is 35.5. The van der Waals surface area contributed by atoms with Crippen molar-refractivity contribution in [2.24, 2.45) is 0 Å². The van der Waals surface area contributed by atoms with Crippen LogP contribution in [0.5, 0.6) is 5.88 Å². The summed E-state index contributed by atoms with van der Waals surface area (Å²) in [5.74, 6) is -1.08. The molecule has 0 radical (unpaired) electrons. The summed E-state index contributed by atoms with van der Waals surface area (Å²) < 4.78 is 6.80. The first-order valence-electron chi connectivity index (χ1n) is 9.89. The molecule has 0 amide bonds. The van der Waals surface area contributed by atoms with Crippen LogP contribution in [0.2, 0.25) is 5.02 Å². The molecule has 1 N–H and O–H groups in total. The van der Waals surface area contributed by atoms with Gasteiger partial charge in [-0.1, -0.05) is 41.4 Å². The van der Waals surface area contributed by atoms with Gasteiger partial charge in [-0.3, -0.25) is 14.2 Å². The summed E-state index contributed by atoms with van der Waals surface area (Å²) in [6.07, 6.45) is 0. The summed E-state index contributed by atoms with van der Waals surface area (Å²) in [7, 11) is 0. The number of aromatic hydroxyl groups is 1. The monoisotopic (exact) mass is 446 g/mol. The number of hydrogen-bond acceptors (Lipinski definition) is 5. The number of carbonyl (C=O) groups is 1. The van der Waals surface area contributed by atoms with Crippen molar-refractivity contribution in [2.75, 3.05) is 0 Å². The average molecular weight is 447 g/mol. The summed E-state index contributed by atoms with van der Waals surface area (Å²) in [5.41, 5.74) is 1.78. The Morgan fingerprint density at radius 2 is 1.88 bits per heavy atom. The topological polar surface area (TPSA) is 96.2 Å². The standard InChI is InChI=1S/C25H19ClN2O4/c1-13-8-9-20-17(10-13)15(3)23(32-20)22(29)21-14(2)18(11-27)24(30)28(25(21)31)12-16-6-4-5-7-19(16)26/h4-10,31H,12H2,1-3H3. The minimum Gasteiger partial charge on any atom is -0.494 e. The van der Waals surface area contributed by atoms with Crippen LogP contribution in [-0.4, -0.2) is 15.5 Å². The third-order valence-corrected chi connectivity index (χ3v) is 5.98. The number of nitriles is 1. The van der Waals surface area contributed by atoms with Gasteiger partial charge in [0.2, 0.25) is 11.7 Å². The third kappa shape index (κ3) is 3.37. The van der Waals surface area contributed by atoms with Gasteiger partial charge >= 0.3 is 0 Å². The van der Waals surface area contributed by atoms with E-state index >= 15 is 0 Å². The molecule has 6 nitrogen and oxygen atoms in total. The molecule has 0 fully saturated rings. The highest BCUT2D eigenvalue weighted by molar-refractivity contribution is 6.31. The summed E-state index contributed by atoms with van der Waals surface area (Å²) >= 11 is 6.22. The molecular weight excluding hydrogens is 428 g/mol. The molecule has 0 aliphatic rings. The van der Waals surface area contributed by atoms with Gasteiger partial charge in [-0.15, -0.1) is 0 Å². The zero-order valence-corrected chi connectivity index (χ0v) is 18.4. The summed E-state index contributed by atoms with van der Waals surface area (Å²) in [6, 6.07) is 14.3. The van der Waals surface area contributed by atoms with Crippen LogP contribution >= 0.6 is 11.6 Å². The first-order chi connectivity index (χ1) is 15.2. The summed E-state index contributed by atoms with van der Waals surface area (Å²) in [5, 5.41) is 21.8. The Kier molecular flexibility index (Phi) is 5.37. The second-order valence-electron chi connectivity index (χ2n) is 7.68. The molecule has 0 saturated heterocycles. The molecule has 2 heterocycles. The number of aryl methyl sites for hydroxylation is 2. The van der Waals surface area contributed by atoms with Gasteiger partial charge in [-0.25, -0.2) is 0 Å². The Bertz CT molecular complexity index is 1510. The first-order valence-corrected chi connectivity index (χ1v) is 10.3. The predicted octanol–water partition coefficient (Wildman–Crippen LogP) is 5.03. The Hall–Kier alpha value is -3.82. The number of fused-ring (bicyclic) bond motifs is 1. The highest BCUT2D eigenvalue weighted by Crippen LogP contribution is 2.32. The molecule has 2 aromatic carbocycles. The van der Waals surface area contributed by atoms with Gasteiger partial charge in [-0.2, -0.15) is 5.26 Å². The lowest BCUT2D eigenvalue weighted by Gasteiger charge is -2.15. The lowest BCUT2D eigenvalue weighted by atomic mass is 9.98. The molecule has 32 heavy (non-hydrogen) atoms. The van der Waals surface area contributed by atoms with E-state index in [4.69, 9.17) is 16.0 Å². The Labute approximate surface area is 188 Å². The maximum Gasteiger partial charge on any atom is 0.271 e. The van der Waals surface area contributed by atoms with Gasteiger partial charge in [0.05, 0.1) is 12.1 Å². The number of rotatable bonds is 4. The maximum atomic E-state index is 13.5. The number of hydrogen-bond donors (Lipinski definition) is 1. The van der Waals surface area contributed by atoms with Gasteiger partial charge in [0.25, 0.3) is 5.56 Å². The van der Waals surface area contributed by atoms with Crippen LogP contribution in [0, 0.1) is 32.1 Å². The molecule has 0 aliphatic heterocycles. The number of pyridine rings is 1. The zero-order valence-electron chi connectivity index (χ0n) is 17.7. The second-order valence-corrected chi connectivity index (χ2v) is 8.09. The molecular formula is C25H19ClN2O4. The number of nitrogens with zero attached hydrogens (tertiary/aromatic N) is 2. The van der Waals surface area contributed by atoms with Gasteiger partial charge in [0.15, 0.2) is 5.76 Å². The molecule has 4 aromatic rings. The van der Waals surface area contributed by atoms with Gasteiger partial charge in [0.1, 0.15) is 17.2 Å². The summed E-state index contributed by atoms with van der Waals surface area (Å²) in [6.45, 7) is 5.07. The lowest BCUT2D eigenvalue weighted by Crippen LogP contribution is -2.27. The minimum atomic E-state index is -0.698. The Morgan fingerprint density at radius 3 is 2.56 bits per heavy atom. The first kappa shape index (κ1) is 21.4. The van der Waals surface area contributed by atoms with Crippen LogP contribution in [0.25, 0.3) is 11.0 Å². The number of halogens is 1. The molecule has 0 spiro atoms. The number of aromatic nitrogens is 1. The van der Waals surface area contributed by atoms with Crippen LogP contribution in [-0.2, 0) is 6.54 Å². The van der Waals surface area contributed by atoms with E-state index in [1.54, 1.807) is 37.3 Å². The van der Waals surface area contributed by atoms with Gasteiger partial charge in [-0.05, 0) is 50.1 Å². The van der Waals surface area contributed by atoms with E-state index in [-0.39, 0.29) is 29.0 Å². The van der Waals surface area contributed by atoms with Crippen molar-refractivity contribution in [1.82, 2.24) is 4.57 Å². The highest BCUT2D eigenvalue weighted by Gasteiger charge is 2.28. The van der Waals surface area contributed by atoms with Crippen molar-refractivity contribution in [1.29, 1.82) is 5.26 Å². The van der Waals surface area contributed by atoms with Crippen molar-refractivity contribution in [3.05, 3.63) is 97.0 Å². The van der Waals surface area contributed by atoms with Crippen molar-refractivity contribution in [3.8, 4) is 11.9 Å². The van der Waals surface area contributed by atoms with E-state index in [1.807, 2.05) is 25.1 Å². The number of furan rings is 1. The van der Waals surface area contributed by atoms with Crippen LogP contribution in [0.3, 0.4) is 0 Å². The fourth-order valence-electron chi connectivity index (χ4n) is 3.83.